The molecule has 1 fully saturated rings. The Morgan fingerprint density at radius 2 is 2.05 bits per heavy atom. The Hall–Kier alpha value is -2.36. The molecule has 0 spiro atoms. The van der Waals surface area contributed by atoms with Crippen molar-refractivity contribution in [3.63, 3.8) is 0 Å². The van der Waals surface area contributed by atoms with Crippen molar-refractivity contribution in [1.82, 2.24) is 10.3 Å². The van der Waals surface area contributed by atoms with Crippen LogP contribution in [0.2, 0.25) is 0 Å². The quantitative estimate of drug-likeness (QED) is 0.894. The molecule has 102 valence electrons. The molecule has 1 aliphatic rings. The van der Waals surface area contributed by atoms with Crippen molar-refractivity contribution < 1.29 is 4.79 Å². The van der Waals surface area contributed by atoms with Crippen molar-refractivity contribution in [2.24, 2.45) is 0 Å². The van der Waals surface area contributed by atoms with Crippen LogP contribution in [0.1, 0.15) is 28.3 Å². The molecule has 1 aromatic carbocycles. The smallest absolute Gasteiger partial charge is 0.253 e. The van der Waals surface area contributed by atoms with Gasteiger partial charge in [-0.2, -0.15) is 0 Å². The summed E-state index contributed by atoms with van der Waals surface area (Å²) < 4.78 is 0. The van der Waals surface area contributed by atoms with Gasteiger partial charge < -0.3 is 10.6 Å². The third-order valence-electron chi connectivity index (χ3n) is 3.67. The molecule has 2 atom stereocenters. The Morgan fingerprint density at radius 3 is 2.80 bits per heavy atom. The van der Waals surface area contributed by atoms with Crippen molar-refractivity contribution in [2.75, 3.05) is 12.4 Å². The highest BCUT2D eigenvalue weighted by Gasteiger charge is 2.39. The maximum Gasteiger partial charge on any atom is 0.253 e. The van der Waals surface area contributed by atoms with Crippen LogP contribution < -0.4 is 10.6 Å². The van der Waals surface area contributed by atoms with Crippen LogP contribution in [-0.4, -0.2) is 24.0 Å². The number of rotatable bonds is 4. The summed E-state index contributed by atoms with van der Waals surface area (Å²) >= 11 is 0. The number of benzene rings is 1. The molecular weight excluding hydrogens is 250 g/mol. The van der Waals surface area contributed by atoms with E-state index in [1.54, 1.807) is 25.5 Å². The average Bonchev–Trinajstić information content (AvgIpc) is 3.27. The molecule has 1 heterocycles. The fourth-order valence-electron chi connectivity index (χ4n) is 2.46. The predicted octanol–water partition coefficient (Wildman–Crippen LogP) is 2.41. The van der Waals surface area contributed by atoms with Gasteiger partial charge in [-0.15, -0.1) is 0 Å². The van der Waals surface area contributed by atoms with Crippen LogP contribution in [0.5, 0.6) is 0 Å². The molecule has 0 aliphatic heterocycles. The number of anilines is 1. The highest BCUT2D eigenvalue weighted by atomic mass is 16.1. The lowest BCUT2D eigenvalue weighted by Gasteiger charge is -2.09. The average molecular weight is 267 g/mol. The Kier molecular flexibility index (Phi) is 3.37. The number of carbonyl (C=O) groups is 1. The topological polar surface area (TPSA) is 54.0 Å². The third kappa shape index (κ3) is 2.50. The summed E-state index contributed by atoms with van der Waals surface area (Å²) in [4.78, 5) is 16.3. The monoisotopic (exact) mass is 267 g/mol. The maximum atomic E-state index is 12.3. The SMILES string of the molecule is CNc1cnccc1C(=O)NC1CC1c1ccccc1. The molecule has 0 radical (unpaired) electrons. The van der Waals surface area contributed by atoms with Gasteiger partial charge in [0.15, 0.2) is 0 Å². The molecule has 4 heteroatoms. The summed E-state index contributed by atoms with van der Waals surface area (Å²) in [6, 6.07) is 12.3. The lowest BCUT2D eigenvalue weighted by atomic mass is 10.1. The van der Waals surface area contributed by atoms with Crippen molar-refractivity contribution in [2.45, 2.75) is 18.4 Å². The van der Waals surface area contributed by atoms with Gasteiger partial charge in [-0.25, -0.2) is 0 Å². The van der Waals surface area contributed by atoms with E-state index in [-0.39, 0.29) is 11.9 Å². The van der Waals surface area contributed by atoms with Crippen molar-refractivity contribution in [1.29, 1.82) is 0 Å². The number of pyridine rings is 1. The minimum atomic E-state index is -0.0415. The number of hydrogen-bond acceptors (Lipinski definition) is 3. The first-order valence-electron chi connectivity index (χ1n) is 6.77. The van der Waals surface area contributed by atoms with Gasteiger partial charge in [-0.1, -0.05) is 30.3 Å². The molecule has 4 nitrogen and oxygen atoms in total. The van der Waals surface area contributed by atoms with Gasteiger partial charge in [0, 0.05) is 25.2 Å². The van der Waals surface area contributed by atoms with Gasteiger partial charge in [-0.3, -0.25) is 9.78 Å². The van der Waals surface area contributed by atoms with E-state index in [9.17, 15) is 4.79 Å². The molecule has 1 aliphatic carbocycles. The third-order valence-corrected chi connectivity index (χ3v) is 3.67. The van der Waals surface area contributed by atoms with E-state index in [1.165, 1.54) is 5.56 Å². The van der Waals surface area contributed by atoms with Gasteiger partial charge in [0.1, 0.15) is 0 Å². The van der Waals surface area contributed by atoms with Crippen LogP contribution in [0.25, 0.3) is 0 Å². The number of aromatic nitrogens is 1. The molecule has 2 N–H and O–H groups in total. The fourth-order valence-corrected chi connectivity index (χ4v) is 2.46. The van der Waals surface area contributed by atoms with Gasteiger partial charge in [0.05, 0.1) is 17.4 Å². The Bertz CT molecular complexity index is 612. The molecular formula is C16H17N3O. The van der Waals surface area contributed by atoms with E-state index in [0.29, 0.717) is 11.5 Å². The fraction of sp³-hybridized carbons (Fsp3) is 0.250. The Morgan fingerprint density at radius 1 is 1.25 bits per heavy atom. The molecule has 2 unspecified atom stereocenters. The summed E-state index contributed by atoms with van der Waals surface area (Å²) in [7, 11) is 1.79. The Balaban J connectivity index is 1.67. The second kappa shape index (κ2) is 5.33. The number of carbonyl (C=O) groups excluding carboxylic acids is 1. The first-order chi connectivity index (χ1) is 9.79. The zero-order chi connectivity index (χ0) is 13.9. The highest BCUT2D eigenvalue weighted by molar-refractivity contribution is 5.99. The largest absolute Gasteiger partial charge is 0.386 e. The van der Waals surface area contributed by atoms with Gasteiger partial charge in [0.2, 0.25) is 0 Å². The van der Waals surface area contributed by atoms with Crippen LogP contribution in [-0.2, 0) is 0 Å². The van der Waals surface area contributed by atoms with Gasteiger partial charge >= 0.3 is 0 Å². The van der Waals surface area contributed by atoms with E-state index in [2.05, 4.69) is 27.8 Å². The van der Waals surface area contributed by atoms with Crippen LogP contribution in [0.15, 0.2) is 48.8 Å². The van der Waals surface area contributed by atoms with Crippen LogP contribution in [0.4, 0.5) is 5.69 Å². The summed E-state index contributed by atoms with van der Waals surface area (Å²) in [5.41, 5.74) is 2.68. The second-order valence-electron chi connectivity index (χ2n) is 5.00. The van der Waals surface area contributed by atoms with Crippen molar-refractivity contribution in [3.8, 4) is 0 Å². The summed E-state index contributed by atoms with van der Waals surface area (Å²) in [5, 5.41) is 6.08. The number of amides is 1. The summed E-state index contributed by atoms with van der Waals surface area (Å²) in [6.07, 6.45) is 4.31. The minimum absolute atomic E-state index is 0.0415. The first-order valence-corrected chi connectivity index (χ1v) is 6.77. The number of nitrogens with zero attached hydrogens (tertiary/aromatic N) is 1. The molecule has 1 amide bonds. The Labute approximate surface area is 118 Å². The first kappa shape index (κ1) is 12.7. The maximum absolute atomic E-state index is 12.3. The standard InChI is InChI=1S/C16H17N3O/c1-17-15-10-18-8-7-12(15)16(20)19-14-9-13(14)11-5-3-2-4-6-11/h2-8,10,13-14,17H,9H2,1H3,(H,19,20). The predicted molar refractivity (Wildman–Crippen MR) is 78.8 cm³/mol. The van der Waals surface area contributed by atoms with E-state index in [4.69, 9.17) is 0 Å². The van der Waals surface area contributed by atoms with E-state index in [0.717, 1.165) is 12.1 Å². The lowest BCUT2D eigenvalue weighted by molar-refractivity contribution is 0.0951. The van der Waals surface area contributed by atoms with Crippen molar-refractivity contribution >= 4 is 11.6 Å². The van der Waals surface area contributed by atoms with Crippen LogP contribution in [0.3, 0.4) is 0 Å². The van der Waals surface area contributed by atoms with Crippen LogP contribution >= 0.6 is 0 Å². The van der Waals surface area contributed by atoms with Gasteiger partial charge in [-0.05, 0) is 18.1 Å². The van der Waals surface area contributed by atoms with Crippen LogP contribution in [0, 0.1) is 0 Å². The summed E-state index contributed by atoms with van der Waals surface area (Å²) in [6.45, 7) is 0. The molecule has 20 heavy (non-hydrogen) atoms. The zero-order valence-electron chi connectivity index (χ0n) is 11.3. The van der Waals surface area contributed by atoms with E-state index >= 15 is 0 Å². The van der Waals surface area contributed by atoms with Gasteiger partial charge in [0.25, 0.3) is 5.91 Å². The number of hydrogen-bond donors (Lipinski definition) is 2. The lowest BCUT2D eigenvalue weighted by Crippen LogP contribution is -2.27. The molecule has 1 aromatic heterocycles. The molecule has 3 rings (SSSR count). The number of nitrogens with one attached hydrogen (secondary N) is 2. The zero-order valence-corrected chi connectivity index (χ0v) is 11.3. The van der Waals surface area contributed by atoms with Crippen molar-refractivity contribution in [3.05, 3.63) is 59.9 Å². The van der Waals surface area contributed by atoms with E-state index in [1.807, 2.05) is 18.2 Å². The molecule has 0 saturated heterocycles. The van der Waals surface area contributed by atoms with E-state index < -0.39 is 0 Å². The molecule has 0 bridgehead atoms. The normalized spacial score (nSPS) is 20.2. The molecule has 2 aromatic rings. The minimum Gasteiger partial charge on any atom is -0.386 e. The second-order valence-corrected chi connectivity index (χ2v) is 5.00. The molecule has 1 saturated carbocycles. The summed E-state index contributed by atoms with van der Waals surface area (Å²) in [5.74, 6) is 0.403. The highest BCUT2D eigenvalue weighted by Crippen LogP contribution is 2.40.